The van der Waals surface area contributed by atoms with Gasteiger partial charge in [0.25, 0.3) is 5.91 Å². The first kappa shape index (κ1) is 17.2. The third kappa shape index (κ3) is 5.23. The van der Waals surface area contributed by atoms with Crippen molar-refractivity contribution in [2.75, 3.05) is 25.4 Å². The second kappa shape index (κ2) is 7.83. The van der Waals surface area contributed by atoms with Crippen molar-refractivity contribution in [2.45, 2.75) is 13.8 Å². The molecule has 0 aliphatic heterocycles. The summed E-state index contributed by atoms with van der Waals surface area (Å²) in [5, 5.41) is 0. The Morgan fingerprint density at radius 3 is 2.67 bits per heavy atom. The summed E-state index contributed by atoms with van der Waals surface area (Å²) in [6, 6.07) is 4.89. The zero-order valence-electron chi connectivity index (χ0n) is 12.2. The van der Waals surface area contributed by atoms with Crippen LogP contribution in [0.1, 0.15) is 24.2 Å². The number of carbonyl (C=O) groups excluding carboxylic acids is 2. The number of ether oxygens (including phenoxy) is 1. The first-order valence-electron chi connectivity index (χ1n) is 6.49. The van der Waals surface area contributed by atoms with E-state index in [1.807, 2.05) is 13.8 Å². The van der Waals surface area contributed by atoms with Crippen LogP contribution >= 0.6 is 15.9 Å². The Morgan fingerprint density at radius 1 is 1.43 bits per heavy atom. The Bertz CT molecular complexity index is 558. The van der Waals surface area contributed by atoms with E-state index in [4.69, 9.17) is 10.5 Å². The lowest BCUT2D eigenvalue weighted by atomic mass is 10.2. The number of anilines is 1. The van der Waals surface area contributed by atoms with Gasteiger partial charge >= 0.3 is 5.97 Å². The van der Waals surface area contributed by atoms with Crippen molar-refractivity contribution in [1.29, 1.82) is 0 Å². The van der Waals surface area contributed by atoms with E-state index in [0.29, 0.717) is 23.2 Å². The topological polar surface area (TPSA) is 72.6 Å². The number of nitrogens with two attached hydrogens (primary N) is 1. The smallest absolute Gasteiger partial charge is 0.340 e. The highest BCUT2D eigenvalue weighted by atomic mass is 79.9. The summed E-state index contributed by atoms with van der Waals surface area (Å²) in [6.45, 7) is 8.13. The van der Waals surface area contributed by atoms with Gasteiger partial charge in [-0.2, -0.15) is 0 Å². The van der Waals surface area contributed by atoms with E-state index in [-0.39, 0.29) is 18.1 Å². The Labute approximate surface area is 132 Å². The minimum absolute atomic E-state index is 0.236. The molecule has 0 saturated carbocycles. The SMILES string of the molecule is C=C(C)CN(CC)C(=O)COC(=O)c1cc(Br)ccc1N. The molecule has 21 heavy (non-hydrogen) atoms. The van der Waals surface area contributed by atoms with Crippen LogP contribution in [-0.2, 0) is 9.53 Å². The van der Waals surface area contributed by atoms with Crippen LogP contribution in [0.2, 0.25) is 0 Å². The number of benzene rings is 1. The first-order chi connectivity index (χ1) is 9.85. The summed E-state index contributed by atoms with van der Waals surface area (Å²) in [5.74, 6) is -0.879. The molecule has 0 spiro atoms. The number of nitrogens with zero attached hydrogens (tertiary/aromatic N) is 1. The lowest BCUT2D eigenvalue weighted by Crippen LogP contribution is -2.35. The van der Waals surface area contributed by atoms with Crippen molar-refractivity contribution in [3.8, 4) is 0 Å². The average Bonchev–Trinajstić information content (AvgIpc) is 2.44. The third-order valence-corrected chi connectivity index (χ3v) is 3.25. The maximum Gasteiger partial charge on any atom is 0.340 e. The van der Waals surface area contributed by atoms with E-state index in [9.17, 15) is 9.59 Å². The highest BCUT2D eigenvalue weighted by Crippen LogP contribution is 2.19. The fraction of sp³-hybridized carbons (Fsp3) is 0.333. The molecule has 0 atom stereocenters. The van der Waals surface area contributed by atoms with Crippen LogP contribution in [0.5, 0.6) is 0 Å². The van der Waals surface area contributed by atoms with Crippen LogP contribution in [0.25, 0.3) is 0 Å². The molecule has 0 radical (unpaired) electrons. The monoisotopic (exact) mass is 354 g/mol. The molecule has 1 amide bonds. The maximum absolute atomic E-state index is 12.0. The van der Waals surface area contributed by atoms with Crippen LogP contribution in [0, 0.1) is 0 Å². The predicted molar refractivity (Wildman–Crippen MR) is 85.9 cm³/mol. The van der Waals surface area contributed by atoms with Gasteiger partial charge in [-0.1, -0.05) is 28.1 Å². The number of likely N-dealkylation sites (N-methyl/N-ethyl adjacent to an activating group) is 1. The molecular weight excluding hydrogens is 336 g/mol. The minimum Gasteiger partial charge on any atom is -0.452 e. The van der Waals surface area contributed by atoms with Crippen LogP contribution < -0.4 is 5.73 Å². The standard InChI is InChI=1S/C15H19BrN2O3/c1-4-18(8-10(2)3)14(19)9-21-15(20)12-7-11(16)5-6-13(12)17/h5-7H,2,4,8-9,17H2,1,3H3. The van der Waals surface area contributed by atoms with Gasteiger partial charge in [-0.25, -0.2) is 4.79 Å². The molecule has 2 N–H and O–H groups in total. The quantitative estimate of drug-likeness (QED) is 0.484. The van der Waals surface area contributed by atoms with Gasteiger partial charge in [-0.15, -0.1) is 0 Å². The Morgan fingerprint density at radius 2 is 2.10 bits per heavy atom. The van der Waals surface area contributed by atoms with Crippen molar-refractivity contribution in [2.24, 2.45) is 0 Å². The number of rotatable bonds is 6. The van der Waals surface area contributed by atoms with Crippen molar-refractivity contribution < 1.29 is 14.3 Å². The summed E-state index contributed by atoms with van der Waals surface area (Å²) >= 11 is 3.26. The molecule has 0 unspecified atom stereocenters. The molecular formula is C15H19BrN2O3. The molecule has 0 saturated heterocycles. The Kier molecular flexibility index (Phi) is 6.42. The molecule has 1 aromatic carbocycles. The predicted octanol–water partition coefficient (Wildman–Crippen LogP) is 2.61. The lowest BCUT2D eigenvalue weighted by molar-refractivity contribution is -0.133. The number of esters is 1. The zero-order valence-corrected chi connectivity index (χ0v) is 13.8. The van der Waals surface area contributed by atoms with Gasteiger partial charge in [-0.3, -0.25) is 4.79 Å². The van der Waals surface area contributed by atoms with Gasteiger partial charge in [0.15, 0.2) is 6.61 Å². The molecule has 0 fully saturated rings. The Balaban J connectivity index is 2.65. The van der Waals surface area contributed by atoms with Crippen LogP contribution in [0.4, 0.5) is 5.69 Å². The number of halogens is 1. The molecule has 1 aromatic rings. The molecule has 6 heteroatoms. The molecule has 0 aliphatic carbocycles. The van der Waals surface area contributed by atoms with Gasteiger partial charge < -0.3 is 15.4 Å². The fourth-order valence-corrected chi connectivity index (χ4v) is 2.06. The van der Waals surface area contributed by atoms with Gasteiger partial charge in [-0.05, 0) is 32.0 Å². The average molecular weight is 355 g/mol. The van der Waals surface area contributed by atoms with Crippen molar-refractivity contribution in [1.82, 2.24) is 4.90 Å². The summed E-state index contributed by atoms with van der Waals surface area (Å²) < 4.78 is 5.74. The molecule has 0 bridgehead atoms. The summed E-state index contributed by atoms with van der Waals surface area (Å²) in [7, 11) is 0. The van der Waals surface area contributed by atoms with Crippen molar-refractivity contribution in [3.63, 3.8) is 0 Å². The molecule has 114 valence electrons. The summed E-state index contributed by atoms with van der Waals surface area (Å²) in [4.78, 5) is 25.5. The zero-order chi connectivity index (χ0) is 16.0. The lowest BCUT2D eigenvalue weighted by Gasteiger charge is -2.20. The number of hydrogen-bond acceptors (Lipinski definition) is 4. The van der Waals surface area contributed by atoms with Crippen LogP contribution in [0.3, 0.4) is 0 Å². The Hall–Kier alpha value is -1.82. The normalized spacial score (nSPS) is 10.0. The van der Waals surface area contributed by atoms with Gasteiger partial charge in [0.2, 0.25) is 0 Å². The molecule has 0 aromatic heterocycles. The highest BCUT2D eigenvalue weighted by molar-refractivity contribution is 9.10. The highest BCUT2D eigenvalue weighted by Gasteiger charge is 2.17. The van der Waals surface area contributed by atoms with Crippen LogP contribution in [0.15, 0.2) is 34.8 Å². The first-order valence-corrected chi connectivity index (χ1v) is 7.28. The van der Waals surface area contributed by atoms with E-state index in [1.54, 1.807) is 23.1 Å². The van der Waals surface area contributed by atoms with Gasteiger partial charge in [0.05, 0.1) is 5.56 Å². The van der Waals surface area contributed by atoms with Crippen molar-refractivity contribution >= 4 is 33.5 Å². The summed E-state index contributed by atoms with van der Waals surface area (Å²) in [5.41, 5.74) is 7.13. The number of amides is 1. The number of nitrogen functional groups attached to an aromatic ring is 1. The summed E-state index contributed by atoms with van der Waals surface area (Å²) in [6.07, 6.45) is 0. The molecule has 1 rings (SSSR count). The van der Waals surface area contributed by atoms with E-state index in [2.05, 4.69) is 22.5 Å². The van der Waals surface area contributed by atoms with E-state index >= 15 is 0 Å². The maximum atomic E-state index is 12.0. The third-order valence-electron chi connectivity index (χ3n) is 2.76. The number of hydrogen-bond donors (Lipinski definition) is 1. The van der Waals surface area contributed by atoms with Gasteiger partial charge in [0, 0.05) is 23.2 Å². The van der Waals surface area contributed by atoms with Gasteiger partial charge in [0.1, 0.15) is 0 Å². The fourth-order valence-electron chi connectivity index (χ4n) is 1.70. The second-order valence-electron chi connectivity index (χ2n) is 4.67. The van der Waals surface area contributed by atoms with E-state index < -0.39 is 5.97 Å². The van der Waals surface area contributed by atoms with E-state index in [0.717, 1.165) is 5.57 Å². The molecule has 0 heterocycles. The molecule has 5 nitrogen and oxygen atoms in total. The van der Waals surface area contributed by atoms with Crippen LogP contribution in [-0.4, -0.2) is 36.5 Å². The largest absolute Gasteiger partial charge is 0.452 e. The second-order valence-corrected chi connectivity index (χ2v) is 5.59. The number of carbonyl (C=O) groups is 2. The van der Waals surface area contributed by atoms with Crippen molar-refractivity contribution in [3.05, 3.63) is 40.4 Å². The molecule has 0 aliphatic rings. The van der Waals surface area contributed by atoms with E-state index in [1.165, 1.54) is 0 Å². The minimum atomic E-state index is -0.617.